The van der Waals surface area contributed by atoms with Crippen molar-refractivity contribution in [1.82, 2.24) is 0 Å². The molecule has 0 amide bonds. The molecule has 1 radical (unpaired) electrons. The van der Waals surface area contributed by atoms with E-state index in [9.17, 15) is 0 Å². The first-order valence-corrected chi connectivity index (χ1v) is 10.4. The Morgan fingerprint density at radius 2 is 1.11 bits per heavy atom. The summed E-state index contributed by atoms with van der Waals surface area (Å²) in [6.07, 6.45) is 14.8. The van der Waals surface area contributed by atoms with Gasteiger partial charge in [0.05, 0.1) is 31.4 Å². The molecular formula is C17H34CuP+. The standard InChI is InChI=1S/C17H34P.Cu/c1-5-9-13-17-18(14-10-6-2,15-11-7-3)16-12-8-4;/h5-12,14-16H2,1-4H3;/q+1;. The monoisotopic (exact) mass is 332 g/mol. The molecule has 0 saturated carbocycles. The van der Waals surface area contributed by atoms with Crippen molar-refractivity contribution < 1.29 is 17.1 Å². The second kappa shape index (κ2) is 14.9. The zero-order valence-electron chi connectivity index (χ0n) is 13.5. The average molecular weight is 333 g/mol. The summed E-state index contributed by atoms with van der Waals surface area (Å²) in [5.41, 5.74) is 3.80. The summed E-state index contributed by atoms with van der Waals surface area (Å²) in [4.78, 5) is 0. The second-order valence-electron chi connectivity index (χ2n) is 5.42. The third-order valence-corrected chi connectivity index (χ3v) is 7.66. The van der Waals surface area contributed by atoms with Crippen LogP contribution >= 0.6 is 7.26 Å². The molecular weight excluding hydrogens is 299 g/mol. The molecule has 0 saturated heterocycles. The van der Waals surface area contributed by atoms with Gasteiger partial charge >= 0.3 is 0 Å². The summed E-state index contributed by atoms with van der Waals surface area (Å²) in [6, 6.07) is 0. The van der Waals surface area contributed by atoms with Gasteiger partial charge in [-0.1, -0.05) is 52.9 Å². The van der Waals surface area contributed by atoms with Crippen molar-refractivity contribution in [2.45, 2.75) is 79.1 Å². The van der Waals surface area contributed by atoms with Crippen LogP contribution in [0.25, 0.3) is 0 Å². The van der Waals surface area contributed by atoms with E-state index in [1.54, 1.807) is 0 Å². The van der Waals surface area contributed by atoms with E-state index in [1.165, 1.54) is 63.4 Å². The maximum Gasteiger partial charge on any atom is 0.0920 e. The molecule has 0 aromatic carbocycles. The number of rotatable bonds is 10. The smallest absolute Gasteiger partial charge is 0.0652 e. The largest absolute Gasteiger partial charge is 0.0920 e. The summed E-state index contributed by atoms with van der Waals surface area (Å²) in [7, 11) is -0.937. The van der Waals surface area contributed by atoms with E-state index in [1.807, 2.05) is 0 Å². The van der Waals surface area contributed by atoms with E-state index in [0.717, 1.165) is 6.42 Å². The fraction of sp³-hybridized carbons (Fsp3) is 0.882. The van der Waals surface area contributed by atoms with Gasteiger partial charge < -0.3 is 0 Å². The van der Waals surface area contributed by atoms with Crippen molar-refractivity contribution in [3.63, 3.8) is 0 Å². The number of hydrogen-bond acceptors (Lipinski definition) is 0. The molecule has 0 atom stereocenters. The van der Waals surface area contributed by atoms with E-state index in [-0.39, 0.29) is 17.1 Å². The van der Waals surface area contributed by atoms with Gasteiger partial charge in [-0.15, -0.1) is 0 Å². The molecule has 0 unspecified atom stereocenters. The van der Waals surface area contributed by atoms with E-state index in [4.69, 9.17) is 0 Å². The fourth-order valence-electron chi connectivity index (χ4n) is 2.23. The van der Waals surface area contributed by atoms with Crippen LogP contribution in [-0.2, 0) is 17.1 Å². The van der Waals surface area contributed by atoms with Crippen LogP contribution in [0.4, 0.5) is 0 Å². The molecule has 117 valence electrons. The minimum Gasteiger partial charge on any atom is -0.0652 e. The molecule has 0 fully saturated rings. The molecule has 0 aliphatic heterocycles. The molecule has 0 spiro atoms. The molecule has 0 heterocycles. The van der Waals surface area contributed by atoms with Crippen LogP contribution in [0.5, 0.6) is 0 Å². The van der Waals surface area contributed by atoms with Crippen molar-refractivity contribution >= 4 is 7.26 Å². The Kier molecular flexibility index (Phi) is 17.1. The van der Waals surface area contributed by atoms with E-state index in [2.05, 4.69) is 39.3 Å². The Bertz CT molecular complexity index is 218. The topological polar surface area (TPSA) is 0 Å². The molecule has 0 aromatic rings. The summed E-state index contributed by atoms with van der Waals surface area (Å²) in [5, 5.41) is 0. The van der Waals surface area contributed by atoms with Gasteiger partial charge in [-0.25, -0.2) is 0 Å². The SMILES string of the molecule is CCCC#C[P+](CCCC)(CCCC)CCCC.[Cu]. The number of hydrogen-bond donors (Lipinski definition) is 0. The molecule has 0 aliphatic rings. The van der Waals surface area contributed by atoms with Gasteiger partial charge in [-0.2, -0.15) is 0 Å². The molecule has 0 nitrogen and oxygen atoms in total. The Morgan fingerprint density at radius 1 is 0.684 bits per heavy atom. The van der Waals surface area contributed by atoms with Gasteiger partial charge in [-0.3, -0.25) is 0 Å². The minimum atomic E-state index is -0.937. The van der Waals surface area contributed by atoms with Crippen molar-refractivity contribution in [2.75, 3.05) is 18.5 Å². The minimum absolute atomic E-state index is 0. The fourth-order valence-corrected chi connectivity index (χ4v) is 6.45. The van der Waals surface area contributed by atoms with Gasteiger partial charge in [0.1, 0.15) is 0 Å². The van der Waals surface area contributed by atoms with Crippen LogP contribution in [0, 0.1) is 11.6 Å². The van der Waals surface area contributed by atoms with Gasteiger partial charge in [0.15, 0.2) is 0 Å². The van der Waals surface area contributed by atoms with Gasteiger partial charge in [0.25, 0.3) is 0 Å². The van der Waals surface area contributed by atoms with Crippen LogP contribution < -0.4 is 0 Å². The van der Waals surface area contributed by atoms with Crippen molar-refractivity contribution in [3.8, 4) is 11.6 Å². The van der Waals surface area contributed by atoms with Crippen LogP contribution in [0.1, 0.15) is 79.1 Å². The Morgan fingerprint density at radius 3 is 1.42 bits per heavy atom. The number of unbranched alkanes of at least 4 members (excludes halogenated alkanes) is 4. The normalized spacial score (nSPS) is 10.5. The first kappa shape index (κ1) is 21.8. The molecule has 0 bridgehead atoms. The quantitative estimate of drug-likeness (QED) is 0.255. The maximum atomic E-state index is 3.80. The molecule has 0 aliphatic carbocycles. The predicted molar refractivity (Wildman–Crippen MR) is 88.9 cm³/mol. The first-order chi connectivity index (χ1) is 8.74. The Hall–Kier alpha value is 0.509. The molecule has 0 N–H and O–H groups in total. The van der Waals surface area contributed by atoms with Gasteiger partial charge in [0, 0.05) is 23.5 Å². The van der Waals surface area contributed by atoms with Gasteiger partial charge in [0.2, 0.25) is 0 Å². The van der Waals surface area contributed by atoms with Crippen LogP contribution in [-0.4, -0.2) is 18.5 Å². The summed E-state index contributed by atoms with van der Waals surface area (Å²) in [6.45, 7) is 9.17. The van der Waals surface area contributed by atoms with Crippen molar-refractivity contribution in [1.29, 1.82) is 0 Å². The summed E-state index contributed by atoms with van der Waals surface area (Å²) < 4.78 is 0. The van der Waals surface area contributed by atoms with Crippen LogP contribution in [0.2, 0.25) is 0 Å². The second-order valence-corrected chi connectivity index (χ2v) is 9.27. The zero-order valence-corrected chi connectivity index (χ0v) is 15.4. The Balaban J connectivity index is 0. The first-order valence-electron chi connectivity index (χ1n) is 8.10. The molecule has 0 rings (SSSR count). The summed E-state index contributed by atoms with van der Waals surface area (Å²) >= 11 is 0. The summed E-state index contributed by atoms with van der Waals surface area (Å²) in [5.74, 6) is 3.50. The van der Waals surface area contributed by atoms with Crippen LogP contribution in [0.3, 0.4) is 0 Å². The third kappa shape index (κ3) is 10.9. The van der Waals surface area contributed by atoms with Crippen molar-refractivity contribution in [2.24, 2.45) is 0 Å². The van der Waals surface area contributed by atoms with E-state index in [0.29, 0.717) is 0 Å². The van der Waals surface area contributed by atoms with Crippen molar-refractivity contribution in [3.05, 3.63) is 0 Å². The van der Waals surface area contributed by atoms with Crippen LogP contribution in [0.15, 0.2) is 0 Å². The zero-order chi connectivity index (χ0) is 13.7. The molecule has 19 heavy (non-hydrogen) atoms. The predicted octanol–water partition coefficient (Wildman–Crippen LogP) is 6.16. The van der Waals surface area contributed by atoms with Gasteiger partial charge in [-0.05, 0) is 25.7 Å². The van der Waals surface area contributed by atoms with E-state index >= 15 is 0 Å². The Labute approximate surface area is 133 Å². The van der Waals surface area contributed by atoms with E-state index < -0.39 is 7.26 Å². The molecule has 0 aromatic heterocycles. The molecule has 2 heteroatoms. The average Bonchev–Trinajstić information content (AvgIpc) is 2.40. The maximum absolute atomic E-state index is 3.80. The third-order valence-electron chi connectivity index (χ3n) is 3.51.